The zero-order chi connectivity index (χ0) is 8.91. The van der Waals surface area contributed by atoms with Gasteiger partial charge in [0, 0.05) is 11.8 Å². The standard InChI is InChI=1S/C8H13BrF2/c1-3-4-7(6-9)5-8(2,10)11/h3,7H,1,4-6H2,2H3. The van der Waals surface area contributed by atoms with E-state index in [0.717, 1.165) is 6.92 Å². The summed E-state index contributed by atoms with van der Waals surface area (Å²) in [5, 5.41) is 0.614. The lowest BCUT2D eigenvalue weighted by atomic mass is 10.0. The van der Waals surface area contributed by atoms with Crippen LogP contribution in [0.2, 0.25) is 0 Å². The second-order valence-electron chi connectivity index (χ2n) is 2.82. The van der Waals surface area contributed by atoms with Crippen LogP contribution in [-0.2, 0) is 0 Å². The van der Waals surface area contributed by atoms with E-state index < -0.39 is 5.92 Å². The molecule has 0 amide bonds. The van der Waals surface area contributed by atoms with Gasteiger partial charge in [0.15, 0.2) is 0 Å². The van der Waals surface area contributed by atoms with Crippen molar-refractivity contribution in [1.82, 2.24) is 0 Å². The van der Waals surface area contributed by atoms with E-state index in [2.05, 4.69) is 22.5 Å². The van der Waals surface area contributed by atoms with E-state index in [1.165, 1.54) is 0 Å². The van der Waals surface area contributed by atoms with Crippen molar-refractivity contribution in [2.45, 2.75) is 25.7 Å². The van der Waals surface area contributed by atoms with Crippen LogP contribution in [0.15, 0.2) is 12.7 Å². The van der Waals surface area contributed by atoms with Gasteiger partial charge in [-0.05, 0) is 19.3 Å². The summed E-state index contributed by atoms with van der Waals surface area (Å²) in [7, 11) is 0. The summed E-state index contributed by atoms with van der Waals surface area (Å²) in [4.78, 5) is 0. The third-order valence-corrected chi connectivity index (χ3v) is 2.28. The third kappa shape index (κ3) is 6.48. The Morgan fingerprint density at radius 3 is 2.45 bits per heavy atom. The molecular weight excluding hydrogens is 214 g/mol. The predicted octanol–water partition coefficient (Wildman–Crippen LogP) is 3.62. The third-order valence-electron chi connectivity index (χ3n) is 1.37. The fourth-order valence-electron chi connectivity index (χ4n) is 0.943. The molecule has 0 heterocycles. The van der Waals surface area contributed by atoms with Crippen molar-refractivity contribution < 1.29 is 8.78 Å². The topological polar surface area (TPSA) is 0 Å². The van der Waals surface area contributed by atoms with Crippen LogP contribution in [0.5, 0.6) is 0 Å². The van der Waals surface area contributed by atoms with Crippen LogP contribution in [0.1, 0.15) is 19.8 Å². The number of halogens is 3. The minimum Gasteiger partial charge on any atom is -0.207 e. The lowest BCUT2D eigenvalue weighted by Gasteiger charge is -2.16. The number of alkyl halides is 3. The maximum Gasteiger partial charge on any atom is 0.245 e. The molecule has 0 radical (unpaired) electrons. The SMILES string of the molecule is C=CCC(CBr)CC(C)(F)F. The molecular formula is C8H13BrF2. The molecule has 0 aromatic heterocycles. The Hall–Kier alpha value is 0.0800. The smallest absolute Gasteiger partial charge is 0.207 e. The Kier molecular flexibility index (Phi) is 4.89. The minimum atomic E-state index is -2.55. The van der Waals surface area contributed by atoms with Gasteiger partial charge in [-0.1, -0.05) is 22.0 Å². The first-order chi connectivity index (χ1) is 4.99. The van der Waals surface area contributed by atoms with Crippen molar-refractivity contribution in [3.05, 3.63) is 12.7 Å². The monoisotopic (exact) mass is 226 g/mol. The summed E-state index contributed by atoms with van der Waals surface area (Å²) in [5.74, 6) is -2.55. The molecule has 11 heavy (non-hydrogen) atoms. The van der Waals surface area contributed by atoms with E-state index in [9.17, 15) is 8.78 Å². The molecule has 0 aliphatic heterocycles. The molecule has 66 valence electrons. The quantitative estimate of drug-likeness (QED) is 0.497. The Balaban J connectivity index is 3.77. The van der Waals surface area contributed by atoms with Gasteiger partial charge < -0.3 is 0 Å². The normalized spacial score (nSPS) is 14.5. The fourth-order valence-corrected chi connectivity index (χ4v) is 1.44. The average Bonchev–Trinajstić information content (AvgIpc) is 1.84. The molecule has 1 unspecified atom stereocenters. The van der Waals surface area contributed by atoms with Gasteiger partial charge >= 0.3 is 0 Å². The maximum atomic E-state index is 12.4. The fraction of sp³-hybridized carbons (Fsp3) is 0.750. The van der Waals surface area contributed by atoms with Crippen molar-refractivity contribution >= 4 is 15.9 Å². The highest BCUT2D eigenvalue weighted by Crippen LogP contribution is 2.25. The van der Waals surface area contributed by atoms with E-state index in [1.54, 1.807) is 6.08 Å². The van der Waals surface area contributed by atoms with Crippen molar-refractivity contribution in [3.63, 3.8) is 0 Å². The zero-order valence-corrected chi connectivity index (χ0v) is 8.20. The molecule has 0 spiro atoms. The van der Waals surface area contributed by atoms with Gasteiger partial charge in [-0.25, -0.2) is 8.78 Å². The van der Waals surface area contributed by atoms with Crippen LogP contribution in [0.25, 0.3) is 0 Å². The van der Waals surface area contributed by atoms with Crippen LogP contribution in [0.3, 0.4) is 0 Å². The van der Waals surface area contributed by atoms with Crippen molar-refractivity contribution in [1.29, 1.82) is 0 Å². The Morgan fingerprint density at radius 2 is 2.18 bits per heavy atom. The van der Waals surface area contributed by atoms with Crippen LogP contribution in [0.4, 0.5) is 8.78 Å². The Bertz CT molecular complexity index is 118. The van der Waals surface area contributed by atoms with Gasteiger partial charge in [0.05, 0.1) is 0 Å². The minimum absolute atomic E-state index is 0.00694. The van der Waals surface area contributed by atoms with Gasteiger partial charge in [0.2, 0.25) is 5.92 Å². The van der Waals surface area contributed by atoms with Gasteiger partial charge in [-0.15, -0.1) is 6.58 Å². The number of rotatable bonds is 5. The van der Waals surface area contributed by atoms with E-state index in [4.69, 9.17) is 0 Å². The van der Waals surface area contributed by atoms with Crippen LogP contribution in [-0.4, -0.2) is 11.3 Å². The molecule has 0 fully saturated rings. The largest absolute Gasteiger partial charge is 0.245 e. The van der Waals surface area contributed by atoms with E-state index in [1.807, 2.05) is 0 Å². The average molecular weight is 227 g/mol. The van der Waals surface area contributed by atoms with Gasteiger partial charge in [-0.2, -0.15) is 0 Å². The van der Waals surface area contributed by atoms with Crippen molar-refractivity contribution in [2.24, 2.45) is 5.92 Å². The molecule has 0 saturated heterocycles. The van der Waals surface area contributed by atoms with Gasteiger partial charge in [0.25, 0.3) is 0 Å². The molecule has 0 aliphatic rings. The van der Waals surface area contributed by atoms with E-state index in [-0.39, 0.29) is 12.3 Å². The van der Waals surface area contributed by atoms with E-state index >= 15 is 0 Å². The Morgan fingerprint density at radius 1 is 1.64 bits per heavy atom. The van der Waals surface area contributed by atoms with Gasteiger partial charge in [0.1, 0.15) is 0 Å². The van der Waals surface area contributed by atoms with Crippen molar-refractivity contribution in [2.75, 3.05) is 5.33 Å². The van der Waals surface area contributed by atoms with Crippen LogP contribution in [0, 0.1) is 5.92 Å². The number of allylic oxidation sites excluding steroid dienone is 1. The summed E-state index contributed by atoms with van der Waals surface area (Å²) in [6.07, 6.45) is 2.26. The zero-order valence-electron chi connectivity index (χ0n) is 6.62. The molecule has 0 nitrogen and oxygen atoms in total. The second kappa shape index (κ2) is 4.86. The molecule has 3 heteroatoms. The summed E-state index contributed by atoms with van der Waals surface area (Å²) < 4.78 is 24.9. The number of hydrogen-bond donors (Lipinski definition) is 0. The summed E-state index contributed by atoms with van der Waals surface area (Å²) in [5.41, 5.74) is 0. The van der Waals surface area contributed by atoms with Crippen LogP contribution >= 0.6 is 15.9 Å². The lowest BCUT2D eigenvalue weighted by molar-refractivity contribution is -0.000150. The molecule has 0 N–H and O–H groups in total. The second-order valence-corrected chi connectivity index (χ2v) is 3.47. The van der Waals surface area contributed by atoms with E-state index in [0.29, 0.717) is 11.8 Å². The highest BCUT2D eigenvalue weighted by Gasteiger charge is 2.25. The lowest BCUT2D eigenvalue weighted by Crippen LogP contribution is -2.17. The maximum absolute atomic E-state index is 12.4. The summed E-state index contributed by atoms with van der Waals surface area (Å²) in [6, 6.07) is 0. The molecule has 0 rings (SSSR count). The highest BCUT2D eigenvalue weighted by atomic mass is 79.9. The first kappa shape index (κ1) is 11.1. The van der Waals surface area contributed by atoms with Gasteiger partial charge in [-0.3, -0.25) is 0 Å². The molecule has 0 bridgehead atoms. The molecule has 0 aromatic carbocycles. The summed E-state index contributed by atoms with van der Waals surface area (Å²) >= 11 is 3.19. The molecule has 1 atom stereocenters. The highest BCUT2D eigenvalue weighted by molar-refractivity contribution is 9.09. The number of hydrogen-bond acceptors (Lipinski definition) is 0. The summed E-state index contributed by atoms with van der Waals surface area (Å²) in [6.45, 7) is 4.46. The molecule has 0 aliphatic carbocycles. The molecule has 0 aromatic rings. The Labute approximate surface area is 74.8 Å². The predicted molar refractivity (Wildman–Crippen MR) is 47.3 cm³/mol. The first-order valence-corrected chi connectivity index (χ1v) is 4.66. The van der Waals surface area contributed by atoms with Crippen molar-refractivity contribution in [3.8, 4) is 0 Å². The first-order valence-electron chi connectivity index (χ1n) is 3.54. The van der Waals surface area contributed by atoms with Crippen LogP contribution < -0.4 is 0 Å². The molecule has 0 saturated carbocycles.